The third kappa shape index (κ3) is 3.44. The van der Waals surface area contributed by atoms with Gasteiger partial charge >= 0.3 is 0 Å². The van der Waals surface area contributed by atoms with Crippen LogP contribution in [0, 0.1) is 0 Å². The average molecular weight is 289 g/mol. The second-order valence-electron chi connectivity index (χ2n) is 6.27. The van der Waals surface area contributed by atoms with Gasteiger partial charge in [0.1, 0.15) is 0 Å². The van der Waals surface area contributed by atoms with Gasteiger partial charge in [0, 0.05) is 36.9 Å². The van der Waals surface area contributed by atoms with Crippen LogP contribution in [0.1, 0.15) is 31.0 Å². The summed E-state index contributed by atoms with van der Waals surface area (Å²) in [6.07, 6.45) is 6.88. The van der Waals surface area contributed by atoms with Crippen LogP contribution < -0.4 is 5.32 Å². The number of fused-ring (bicyclic) bond motifs is 1. The highest BCUT2D eigenvalue weighted by molar-refractivity contribution is 5.15. The van der Waals surface area contributed by atoms with Gasteiger partial charge in [0.15, 0.2) is 0 Å². The van der Waals surface area contributed by atoms with Gasteiger partial charge < -0.3 is 10.1 Å². The zero-order chi connectivity index (χ0) is 14.7. The van der Waals surface area contributed by atoms with Crippen LogP contribution in [0.3, 0.4) is 0 Å². The maximum absolute atomic E-state index is 6.13. The summed E-state index contributed by atoms with van der Waals surface area (Å²) in [7, 11) is 2.03. The fraction of sp³-hybridized carbons (Fsp3) is 0.706. The third-order valence-electron chi connectivity index (χ3n) is 4.96. The van der Waals surface area contributed by atoms with E-state index < -0.39 is 0 Å². The highest BCUT2D eigenvalue weighted by Crippen LogP contribution is 2.24. The summed E-state index contributed by atoms with van der Waals surface area (Å²) in [4.78, 5) is 7.19. The first kappa shape index (κ1) is 14.9. The van der Waals surface area contributed by atoms with E-state index >= 15 is 0 Å². The van der Waals surface area contributed by atoms with Crippen molar-refractivity contribution in [2.24, 2.45) is 0 Å². The maximum atomic E-state index is 6.13. The van der Waals surface area contributed by atoms with Gasteiger partial charge in [-0.25, -0.2) is 0 Å². The Balaban J connectivity index is 1.61. The molecule has 0 aliphatic carbocycles. The van der Waals surface area contributed by atoms with Gasteiger partial charge in [-0.2, -0.15) is 0 Å². The molecule has 2 fully saturated rings. The lowest BCUT2D eigenvalue weighted by Gasteiger charge is -2.38. The van der Waals surface area contributed by atoms with Crippen molar-refractivity contribution in [3.8, 4) is 0 Å². The van der Waals surface area contributed by atoms with Crippen molar-refractivity contribution >= 4 is 0 Å². The third-order valence-corrected chi connectivity index (χ3v) is 4.96. The molecule has 0 saturated carbocycles. The number of morpholine rings is 1. The maximum Gasteiger partial charge on any atom is 0.0859 e. The first-order chi connectivity index (χ1) is 10.3. The number of pyridine rings is 1. The van der Waals surface area contributed by atoms with Gasteiger partial charge in [-0.3, -0.25) is 9.88 Å². The van der Waals surface area contributed by atoms with Crippen LogP contribution in [0.15, 0.2) is 18.3 Å². The summed E-state index contributed by atoms with van der Waals surface area (Å²) in [5.74, 6) is 0. The van der Waals surface area contributed by atoms with Gasteiger partial charge in [-0.05, 0) is 44.5 Å². The SMILES string of the molecule is CCc1ccc(CC(NC)C2CN3CCCC3CO2)nc1. The second-order valence-corrected chi connectivity index (χ2v) is 6.27. The highest BCUT2D eigenvalue weighted by Gasteiger charge is 2.35. The summed E-state index contributed by atoms with van der Waals surface area (Å²) in [5, 5.41) is 3.44. The zero-order valence-electron chi connectivity index (χ0n) is 13.2. The van der Waals surface area contributed by atoms with Crippen LogP contribution in [0.5, 0.6) is 0 Å². The molecular weight excluding hydrogens is 262 g/mol. The topological polar surface area (TPSA) is 37.4 Å². The van der Waals surface area contributed by atoms with Crippen molar-refractivity contribution in [2.45, 2.75) is 50.8 Å². The lowest BCUT2D eigenvalue weighted by atomic mass is 10.0. The molecule has 1 aromatic heterocycles. The molecule has 0 amide bonds. The van der Waals surface area contributed by atoms with Gasteiger partial charge in [-0.15, -0.1) is 0 Å². The molecule has 116 valence electrons. The molecule has 4 heteroatoms. The number of aryl methyl sites for hydroxylation is 1. The van der Waals surface area contributed by atoms with Gasteiger partial charge in [0.25, 0.3) is 0 Å². The monoisotopic (exact) mass is 289 g/mol. The quantitative estimate of drug-likeness (QED) is 0.894. The number of aromatic nitrogens is 1. The molecule has 3 rings (SSSR count). The number of likely N-dealkylation sites (N-methyl/N-ethyl adjacent to an activating group) is 1. The Morgan fingerprint density at radius 1 is 1.48 bits per heavy atom. The van der Waals surface area contributed by atoms with Crippen LogP contribution in [0.4, 0.5) is 0 Å². The number of nitrogens with zero attached hydrogens (tertiary/aromatic N) is 2. The summed E-state index contributed by atoms with van der Waals surface area (Å²) < 4.78 is 6.13. The first-order valence-corrected chi connectivity index (χ1v) is 8.27. The molecule has 21 heavy (non-hydrogen) atoms. The number of hydrogen-bond donors (Lipinski definition) is 1. The molecule has 4 nitrogen and oxygen atoms in total. The van der Waals surface area contributed by atoms with Crippen LogP contribution in [0.2, 0.25) is 0 Å². The Bertz CT molecular complexity index is 448. The van der Waals surface area contributed by atoms with E-state index in [0.717, 1.165) is 31.7 Å². The van der Waals surface area contributed by atoms with E-state index in [0.29, 0.717) is 12.1 Å². The highest BCUT2D eigenvalue weighted by atomic mass is 16.5. The van der Waals surface area contributed by atoms with Crippen molar-refractivity contribution < 1.29 is 4.74 Å². The van der Waals surface area contributed by atoms with Gasteiger partial charge in [0.2, 0.25) is 0 Å². The van der Waals surface area contributed by atoms with Crippen molar-refractivity contribution in [3.63, 3.8) is 0 Å². The van der Waals surface area contributed by atoms with Crippen LogP contribution >= 0.6 is 0 Å². The minimum atomic E-state index is 0.275. The van der Waals surface area contributed by atoms with E-state index in [2.05, 4.69) is 34.3 Å². The molecule has 3 unspecified atom stereocenters. The Labute approximate surface area is 127 Å². The lowest BCUT2D eigenvalue weighted by Crippen LogP contribution is -2.54. The normalized spacial score (nSPS) is 27.5. The fourth-order valence-electron chi connectivity index (χ4n) is 3.52. The standard InChI is InChI=1S/C17H27N3O/c1-3-13-6-7-14(19-10-13)9-16(18-2)17-11-20-8-4-5-15(20)12-21-17/h6-7,10,15-18H,3-5,8-9,11-12H2,1-2H3. The van der Waals surface area contributed by atoms with E-state index in [1.807, 2.05) is 13.2 Å². The smallest absolute Gasteiger partial charge is 0.0859 e. The first-order valence-electron chi connectivity index (χ1n) is 8.27. The molecule has 2 aliphatic heterocycles. The molecule has 0 aromatic carbocycles. The molecule has 1 N–H and O–H groups in total. The molecule has 2 aliphatic rings. The van der Waals surface area contributed by atoms with E-state index in [9.17, 15) is 0 Å². The second kappa shape index (κ2) is 6.86. The van der Waals surface area contributed by atoms with Crippen molar-refractivity contribution in [1.82, 2.24) is 15.2 Å². The molecule has 1 aromatic rings. The summed E-state index contributed by atoms with van der Waals surface area (Å²) in [6.45, 7) is 5.36. The molecule has 2 saturated heterocycles. The summed E-state index contributed by atoms with van der Waals surface area (Å²) in [6, 6.07) is 5.35. The van der Waals surface area contributed by atoms with Crippen LogP contribution in [-0.2, 0) is 17.6 Å². The molecule has 3 atom stereocenters. The summed E-state index contributed by atoms with van der Waals surface area (Å²) in [5.41, 5.74) is 2.45. The zero-order valence-corrected chi connectivity index (χ0v) is 13.2. The van der Waals surface area contributed by atoms with Gasteiger partial charge in [-0.1, -0.05) is 13.0 Å². The van der Waals surface area contributed by atoms with E-state index in [1.54, 1.807) is 0 Å². The Hall–Kier alpha value is -0.970. The molecule has 0 spiro atoms. The number of rotatable bonds is 5. The lowest BCUT2D eigenvalue weighted by molar-refractivity contribution is -0.0635. The summed E-state index contributed by atoms with van der Waals surface area (Å²) >= 11 is 0. The van der Waals surface area contributed by atoms with E-state index in [1.165, 1.54) is 24.9 Å². The van der Waals surface area contributed by atoms with Crippen molar-refractivity contribution in [2.75, 3.05) is 26.7 Å². The fourth-order valence-corrected chi connectivity index (χ4v) is 3.52. The Kier molecular flexibility index (Phi) is 4.88. The predicted octanol–water partition coefficient (Wildman–Crippen LogP) is 1.64. The van der Waals surface area contributed by atoms with E-state index in [-0.39, 0.29) is 6.10 Å². The van der Waals surface area contributed by atoms with Crippen molar-refractivity contribution in [1.29, 1.82) is 0 Å². The molecular formula is C17H27N3O. The van der Waals surface area contributed by atoms with Crippen molar-refractivity contribution in [3.05, 3.63) is 29.6 Å². The minimum absolute atomic E-state index is 0.275. The van der Waals surface area contributed by atoms with E-state index in [4.69, 9.17) is 4.74 Å². The van der Waals surface area contributed by atoms with Crippen LogP contribution in [0.25, 0.3) is 0 Å². The number of hydrogen-bond acceptors (Lipinski definition) is 4. The Morgan fingerprint density at radius 3 is 3.10 bits per heavy atom. The number of nitrogens with one attached hydrogen (secondary N) is 1. The predicted molar refractivity (Wildman–Crippen MR) is 84.5 cm³/mol. The molecule has 3 heterocycles. The Morgan fingerprint density at radius 2 is 2.38 bits per heavy atom. The largest absolute Gasteiger partial charge is 0.374 e. The molecule has 0 radical (unpaired) electrons. The minimum Gasteiger partial charge on any atom is -0.374 e. The molecule has 0 bridgehead atoms. The van der Waals surface area contributed by atoms with Gasteiger partial charge in [0.05, 0.1) is 12.7 Å². The average Bonchev–Trinajstić information content (AvgIpc) is 3.00. The van der Waals surface area contributed by atoms with Crippen LogP contribution in [-0.4, -0.2) is 54.8 Å². The number of ether oxygens (including phenoxy) is 1.